The van der Waals surface area contributed by atoms with E-state index >= 15 is 0 Å². The van der Waals surface area contributed by atoms with Gasteiger partial charge in [-0.15, -0.1) is 10.2 Å². The van der Waals surface area contributed by atoms with E-state index in [2.05, 4.69) is 21.6 Å². The number of carbonyl (C=O) groups is 1. The highest BCUT2D eigenvalue weighted by molar-refractivity contribution is 6.05. The molecule has 5 nitrogen and oxygen atoms in total. The molecule has 1 aliphatic rings. The second kappa shape index (κ2) is 6.51. The number of hydrogen-bond acceptors (Lipinski definition) is 4. The molecule has 0 unspecified atom stereocenters. The van der Waals surface area contributed by atoms with E-state index in [0.29, 0.717) is 11.8 Å². The van der Waals surface area contributed by atoms with E-state index in [4.69, 9.17) is 4.42 Å². The molecular formula is C20H19N3O2. The monoisotopic (exact) mass is 333 g/mol. The van der Waals surface area contributed by atoms with Gasteiger partial charge in [0.1, 0.15) is 0 Å². The summed E-state index contributed by atoms with van der Waals surface area (Å²) < 4.78 is 5.41. The first-order chi connectivity index (χ1) is 12.2. The number of fused-ring (bicyclic) bond motifs is 1. The van der Waals surface area contributed by atoms with Gasteiger partial charge in [0, 0.05) is 23.7 Å². The van der Waals surface area contributed by atoms with Gasteiger partial charge in [0.05, 0.1) is 0 Å². The summed E-state index contributed by atoms with van der Waals surface area (Å²) in [6, 6.07) is 13.4. The highest BCUT2D eigenvalue weighted by Gasteiger charge is 2.17. The number of aryl methyl sites for hydroxylation is 2. The summed E-state index contributed by atoms with van der Waals surface area (Å²) >= 11 is 0. The lowest BCUT2D eigenvalue weighted by Crippen LogP contribution is -2.17. The topological polar surface area (TPSA) is 68.0 Å². The van der Waals surface area contributed by atoms with Crippen LogP contribution in [0, 0.1) is 6.92 Å². The molecule has 0 aliphatic heterocycles. The Morgan fingerprint density at radius 2 is 1.84 bits per heavy atom. The maximum atomic E-state index is 12.7. The summed E-state index contributed by atoms with van der Waals surface area (Å²) in [5.41, 5.74) is 4.87. The lowest BCUT2D eigenvalue weighted by atomic mass is 9.88. The van der Waals surface area contributed by atoms with Gasteiger partial charge < -0.3 is 9.73 Å². The molecular weight excluding hydrogens is 314 g/mol. The standard InChI is InChI=1S/C20H19N3O2/c1-13-22-23-20(25-13)15-9-11-16(12-10-15)21-19(24)18-8-4-6-14-5-2-3-7-17(14)18/h4,6,8-12H,2-3,5,7H2,1H3,(H,21,24). The van der Waals surface area contributed by atoms with Crippen LogP contribution in [0.2, 0.25) is 0 Å². The lowest BCUT2D eigenvalue weighted by molar-refractivity contribution is 0.102. The van der Waals surface area contributed by atoms with Crippen molar-refractivity contribution in [2.24, 2.45) is 0 Å². The Kier molecular flexibility index (Phi) is 4.06. The van der Waals surface area contributed by atoms with Crippen molar-refractivity contribution >= 4 is 11.6 Å². The number of carbonyl (C=O) groups excluding carboxylic acids is 1. The van der Waals surface area contributed by atoms with Gasteiger partial charge in [-0.25, -0.2) is 0 Å². The minimum absolute atomic E-state index is 0.0554. The van der Waals surface area contributed by atoms with E-state index in [0.717, 1.165) is 36.1 Å². The molecule has 1 N–H and O–H groups in total. The molecule has 4 rings (SSSR count). The molecule has 1 aliphatic carbocycles. The van der Waals surface area contributed by atoms with Crippen LogP contribution < -0.4 is 5.32 Å². The lowest BCUT2D eigenvalue weighted by Gasteiger charge is -2.19. The molecule has 0 saturated carbocycles. The zero-order valence-electron chi connectivity index (χ0n) is 14.1. The highest BCUT2D eigenvalue weighted by Crippen LogP contribution is 2.26. The Hall–Kier alpha value is -2.95. The van der Waals surface area contributed by atoms with Gasteiger partial charge in [0.25, 0.3) is 5.91 Å². The number of benzene rings is 2. The average Bonchev–Trinajstić information content (AvgIpc) is 3.08. The van der Waals surface area contributed by atoms with Gasteiger partial charge in [0.2, 0.25) is 11.8 Å². The van der Waals surface area contributed by atoms with Crippen LogP contribution in [0.15, 0.2) is 46.9 Å². The molecule has 1 heterocycles. The minimum Gasteiger partial charge on any atom is -0.421 e. The molecule has 25 heavy (non-hydrogen) atoms. The Morgan fingerprint density at radius 1 is 1.04 bits per heavy atom. The highest BCUT2D eigenvalue weighted by atomic mass is 16.4. The van der Waals surface area contributed by atoms with Crippen LogP contribution in [0.3, 0.4) is 0 Å². The zero-order valence-corrected chi connectivity index (χ0v) is 14.1. The van der Waals surface area contributed by atoms with Gasteiger partial charge in [-0.3, -0.25) is 4.79 Å². The quantitative estimate of drug-likeness (QED) is 0.781. The molecule has 1 amide bonds. The molecule has 0 atom stereocenters. The Balaban J connectivity index is 1.53. The van der Waals surface area contributed by atoms with Crippen molar-refractivity contribution in [2.45, 2.75) is 32.6 Å². The predicted molar refractivity (Wildman–Crippen MR) is 95.5 cm³/mol. The predicted octanol–water partition coefficient (Wildman–Crippen LogP) is 4.18. The SMILES string of the molecule is Cc1nnc(-c2ccc(NC(=O)c3cccc4c3CCCC4)cc2)o1. The average molecular weight is 333 g/mol. The Morgan fingerprint density at radius 3 is 2.60 bits per heavy atom. The largest absolute Gasteiger partial charge is 0.421 e. The molecule has 0 radical (unpaired) electrons. The van der Waals surface area contributed by atoms with E-state index in [1.807, 2.05) is 36.4 Å². The number of rotatable bonds is 3. The van der Waals surface area contributed by atoms with Gasteiger partial charge in [0.15, 0.2) is 0 Å². The summed E-state index contributed by atoms with van der Waals surface area (Å²) in [7, 11) is 0. The minimum atomic E-state index is -0.0554. The maximum absolute atomic E-state index is 12.7. The van der Waals surface area contributed by atoms with Crippen LogP contribution in [0.1, 0.15) is 40.2 Å². The summed E-state index contributed by atoms with van der Waals surface area (Å²) in [5.74, 6) is 0.953. The van der Waals surface area contributed by atoms with E-state index in [1.165, 1.54) is 17.5 Å². The number of nitrogens with one attached hydrogen (secondary N) is 1. The molecule has 0 fully saturated rings. The first-order valence-corrected chi connectivity index (χ1v) is 8.53. The zero-order chi connectivity index (χ0) is 17.2. The second-order valence-corrected chi connectivity index (χ2v) is 6.31. The molecule has 0 saturated heterocycles. The number of aromatic nitrogens is 2. The molecule has 0 bridgehead atoms. The van der Waals surface area contributed by atoms with Crippen LogP contribution in [0.4, 0.5) is 5.69 Å². The Bertz CT molecular complexity index is 913. The van der Waals surface area contributed by atoms with Gasteiger partial charge >= 0.3 is 0 Å². The molecule has 2 aromatic carbocycles. The number of nitrogens with zero attached hydrogens (tertiary/aromatic N) is 2. The van der Waals surface area contributed by atoms with Crippen molar-refractivity contribution in [1.29, 1.82) is 0 Å². The fourth-order valence-corrected chi connectivity index (χ4v) is 3.30. The van der Waals surface area contributed by atoms with Crippen molar-refractivity contribution in [1.82, 2.24) is 10.2 Å². The first-order valence-electron chi connectivity index (χ1n) is 8.53. The van der Waals surface area contributed by atoms with E-state index in [9.17, 15) is 4.79 Å². The molecule has 5 heteroatoms. The summed E-state index contributed by atoms with van der Waals surface area (Å²) in [5, 5.41) is 10.8. The van der Waals surface area contributed by atoms with Crippen LogP contribution in [0.25, 0.3) is 11.5 Å². The van der Waals surface area contributed by atoms with Crippen LogP contribution >= 0.6 is 0 Å². The fraction of sp³-hybridized carbons (Fsp3) is 0.250. The third-order valence-electron chi connectivity index (χ3n) is 4.56. The van der Waals surface area contributed by atoms with Crippen molar-refractivity contribution in [2.75, 3.05) is 5.32 Å². The fourth-order valence-electron chi connectivity index (χ4n) is 3.30. The van der Waals surface area contributed by atoms with Crippen LogP contribution in [-0.2, 0) is 12.8 Å². The molecule has 0 spiro atoms. The smallest absolute Gasteiger partial charge is 0.255 e. The van der Waals surface area contributed by atoms with Crippen molar-refractivity contribution in [3.63, 3.8) is 0 Å². The third-order valence-corrected chi connectivity index (χ3v) is 4.56. The number of hydrogen-bond donors (Lipinski definition) is 1. The number of anilines is 1. The van der Waals surface area contributed by atoms with E-state index in [-0.39, 0.29) is 5.91 Å². The molecule has 1 aromatic heterocycles. The van der Waals surface area contributed by atoms with Gasteiger partial charge in [-0.2, -0.15) is 0 Å². The van der Waals surface area contributed by atoms with Crippen LogP contribution in [0.5, 0.6) is 0 Å². The summed E-state index contributed by atoms with van der Waals surface area (Å²) in [6.07, 6.45) is 4.40. The Labute approximate surface area is 146 Å². The van der Waals surface area contributed by atoms with Gasteiger partial charge in [-0.05, 0) is 67.1 Å². The maximum Gasteiger partial charge on any atom is 0.255 e. The van der Waals surface area contributed by atoms with Gasteiger partial charge in [-0.1, -0.05) is 12.1 Å². The second-order valence-electron chi connectivity index (χ2n) is 6.31. The first kappa shape index (κ1) is 15.6. The number of amides is 1. The van der Waals surface area contributed by atoms with Crippen molar-refractivity contribution < 1.29 is 9.21 Å². The van der Waals surface area contributed by atoms with Crippen LogP contribution in [-0.4, -0.2) is 16.1 Å². The van der Waals surface area contributed by atoms with Crippen molar-refractivity contribution in [3.8, 4) is 11.5 Å². The van der Waals surface area contributed by atoms with Crippen molar-refractivity contribution in [3.05, 3.63) is 65.0 Å². The summed E-state index contributed by atoms with van der Waals surface area (Å²) in [6.45, 7) is 1.76. The molecule has 126 valence electrons. The normalized spacial score (nSPS) is 13.3. The summed E-state index contributed by atoms with van der Waals surface area (Å²) in [4.78, 5) is 12.7. The van der Waals surface area contributed by atoms with E-state index in [1.54, 1.807) is 6.92 Å². The van der Waals surface area contributed by atoms with E-state index < -0.39 is 0 Å². The third kappa shape index (κ3) is 3.18. The molecule has 3 aromatic rings.